The van der Waals surface area contributed by atoms with Crippen molar-refractivity contribution in [1.29, 1.82) is 0 Å². The van der Waals surface area contributed by atoms with Gasteiger partial charge in [0.15, 0.2) is 6.79 Å². The molecule has 1 fully saturated rings. The topological polar surface area (TPSA) is 18.5 Å². The Morgan fingerprint density at radius 1 is 1.19 bits per heavy atom. The average molecular weight is 218 g/mol. The van der Waals surface area contributed by atoms with Crippen molar-refractivity contribution in [3.05, 3.63) is 36.4 Å². The summed E-state index contributed by atoms with van der Waals surface area (Å²) in [7, 11) is 0. The summed E-state index contributed by atoms with van der Waals surface area (Å²) in [5, 5.41) is 0. The van der Waals surface area contributed by atoms with E-state index in [0.717, 1.165) is 11.3 Å². The quantitative estimate of drug-likeness (QED) is 0.703. The Kier molecular flexibility index (Phi) is 4.00. The number of hydrogen-bond donors (Lipinski definition) is 0. The van der Waals surface area contributed by atoms with Gasteiger partial charge in [-0.1, -0.05) is 37.6 Å². The van der Waals surface area contributed by atoms with Crippen molar-refractivity contribution in [2.45, 2.75) is 31.8 Å². The van der Waals surface area contributed by atoms with Crippen molar-refractivity contribution in [2.24, 2.45) is 0 Å². The smallest absolute Gasteiger partial charge is 0.189 e. The highest BCUT2D eigenvalue weighted by atomic mass is 16.7. The molecule has 0 unspecified atom stereocenters. The maximum atomic E-state index is 5.62. The Balaban J connectivity index is 1.73. The van der Waals surface area contributed by atoms with Crippen LogP contribution in [0.15, 0.2) is 30.8 Å². The van der Waals surface area contributed by atoms with Gasteiger partial charge in [0, 0.05) is 0 Å². The van der Waals surface area contributed by atoms with Gasteiger partial charge in [-0.15, -0.1) is 0 Å². The maximum absolute atomic E-state index is 5.62. The largest absolute Gasteiger partial charge is 0.468 e. The van der Waals surface area contributed by atoms with Crippen LogP contribution in [-0.4, -0.2) is 12.9 Å². The molecule has 1 aromatic rings. The molecule has 0 N–H and O–H groups in total. The zero-order chi connectivity index (χ0) is 11.2. The van der Waals surface area contributed by atoms with Gasteiger partial charge in [0.05, 0.1) is 6.10 Å². The molecule has 2 rings (SSSR count). The normalized spacial score (nSPS) is 16.2. The van der Waals surface area contributed by atoms with Gasteiger partial charge in [-0.05, 0) is 30.5 Å². The first-order valence-corrected chi connectivity index (χ1v) is 5.85. The number of rotatable bonds is 5. The molecule has 0 aromatic heterocycles. The van der Waals surface area contributed by atoms with Crippen LogP contribution in [0.5, 0.6) is 5.75 Å². The highest BCUT2D eigenvalue weighted by molar-refractivity contribution is 5.48. The lowest BCUT2D eigenvalue weighted by atomic mass is 10.2. The van der Waals surface area contributed by atoms with Crippen LogP contribution >= 0.6 is 0 Å². The third kappa shape index (κ3) is 3.11. The fourth-order valence-corrected chi connectivity index (χ4v) is 1.95. The van der Waals surface area contributed by atoms with E-state index in [2.05, 4.69) is 6.58 Å². The fourth-order valence-electron chi connectivity index (χ4n) is 1.95. The Labute approximate surface area is 96.9 Å². The second kappa shape index (κ2) is 5.71. The molecule has 0 amide bonds. The molecule has 0 spiro atoms. The van der Waals surface area contributed by atoms with Gasteiger partial charge in [-0.2, -0.15) is 0 Å². The molecule has 16 heavy (non-hydrogen) atoms. The van der Waals surface area contributed by atoms with Gasteiger partial charge >= 0.3 is 0 Å². The van der Waals surface area contributed by atoms with Crippen molar-refractivity contribution in [3.8, 4) is 5.75 Å². The van der Waals surface area contributed by atoms with Crippen molar-refractivity contribution in [2.75, 3.05) is 6.79 Å². The van der Waals surface area contributed by atoms with E-state index in [1.165, 1.54) is 25.7 Å². The van der Waals surface area contributed by atoms with Crippen LogP contribution in [0.4, 0.5) is 0 Å². The summed E-state index contributed by atoms with van der Waals surface area (Å²) >= 11 is 0. The summed E-state index contributed by atoms with van der Waals surface area (Å²) in [5.41, 5.74) is 1.10. The minimum atomic E-state index is 0.359. The maximum Gasteiger partial charge on any atom is 0.189 e. The van der Waals surface area contributed by atoms with Crippen molar-refractivity contribution >= 4 is 6.08 Å². The highest BCUT2D eigenvalue weighted by Gasteiger charge is 2.14. The molecule has 1 aromatic carbocycles. The number of ether oxygens (including phenoxy) is 2. The second-order valence-electron chi connectivity index (χ2n) is 4.11. The van der Waals surface area contributed by atoms with Crippen molar-refractivity contribution < 1.29 is 9.47 Å². The first-order chi connectivity index (χ1) is 7.88. The third-order valence-corrected chi connectivity index (χ3v) is 2.95. The molecule has 0 aliphatic heterocycles. The molecule has 1 aliphatic rings. The minimum Gasteiger partial charge on any atom is -0.468 e. The lowest BCUT2D eigenvalue weighted by Gasteiger charge is -2.12. The van der Waals surface area contributed by atoms with Gasteiger partial charge in [0.25, 0.3) is 0 Å². The predicted octanol–water partition coefficient (Wildman–Crippen LogP) is 3.63. The molecule has 0 radical (unpaired) electrons. The Bertz CT molecular complexity index is 323. The van der Waals surface area contributed by atoms with Gasteiger partial charge in [-0.3, -0.25) is 0 Å². The van der Waals surface area contributed by atoms with Crippen LogP contribution in [0.1, 0.15) is 31.2 Å². The predicted molar refractivity (Wildman–Crippen MR) is 65.4 cm³/mol. The average Bonchev–Trinajstić information content (AvgIpc) is 2.83. The Hall–Kier alpha value is -1.28. The van der Waals surface area contributed by atoms with Gasteiger partial charge in [-0.25, -0.2) is 0 Å². The fraction of sp³-hybridized carbons (Fsp3) is 0.429. The van der Waals surface area contributed by atoms with Crippen LogP contribution in [0.25, 0.3) is 6.08 Å². The van der Waals surface area contributed by atoms with Gasteiger partial charge < -0.3 is 9.47 Å². The standard InChI is InChI=1S/C14H18O2/c1-2-12-7-9-14(10-8-12)16-11-15-13-5-3-4-6-13/h2,7-10,13H,1,3-6,11H2. The zero-order valence-electron chi connectivity index (χ0n) is 9.52. The highest BCUT2D eigenvalue weighted by Crippen LogP contribution is 2.21. The lowest BCUT2D eigenvalue weighted by molar-refractivity contribution is -0.0324. The van der Waals surface area contributed by atoms with E-state index >= 15 is 0 Å². The van der Waals surface area contributed by atoms with Crippen LogP contribution in [0.2, 0.25) is 0 Å². The molecule has 2 heteroatoms. The van der Waals surface area contributed by atoms with Gasteiger partial charge in [0.1, 0.15) is 5.75 Å². The first kappa shape index (κ1) is 11.2. The summed E-state index contributed by atoms with van der Waals surface area (Å²) in [6.45, 7) is 4.07. The number of benzene rings is 1. The van der Waals surface area contributed by atoms with Crippen molar-refractivity contribution in [1.82, 2.24) is 0 Å². The molecule has 0 bridgehead atoms. The summed E-state index contributed by atoms with van der Waals surface area (Å²) in [4.78, 5) is 0. The molecular weight excluding hydrogens is 200 g/mol. The summed E-state index contributed by atoms with van der Waals surface area (Å²) in [6.07, 6.45) is 7.17. The molecule has 2 nitrogen and oxygen atoms in total. The SMILES string of the molecule is C=Cc1ccc(OCOC2CCCC2)cc1. The van der Waals surface area contributed by atoms with Crippen molar-refractivity contribution in [3.63, 3.8) is 0 Å². The molecule has 0 saturated heterocycles. The molecule has 1 saturated carbocycles. The molecule has 0 atom stereocenters. The third-order valence-electron chi connectivity index (χ3n) is 2.95. The van der Waals surface area contributed by atoms with E-state index in [1.54, 1.807) is 0 Å². The van der Waals surface area contributed by atoms with Crippen LogP contribution in [0, 0.1) is 0 Å². The Morgan fingerprint density at radius 2 is 1.88 bits per heavy atom. The minimum absolute atomic E-state index is 0.359. The first-order valence-electron chi connectivity index (χ1n) is 5.85. The van der Waals surface area contributed by atoms with Crippen LogP contribution < -0.4 is 4.74 Å². The van der Waals surface area contributed by atoms with Gasteiger partial charge in [0.2, 0.25) is 0 Å². The van der Waals surface area contributed by atoms with E-state index in [4.69, 9.17) is 9.47 Å². The zero-order valence-corrected chi connectivity index (χ0v) is 9.52. The Morgan fingerprint density at radius 3 is 2.50 bits per heavy atom. The monoisotopic (exact) mass is 218 g/mol. The molecule has 86 valence electrons. The molecule has 1 aliphatic carbocycles. The number of hydrogen-bond acceptors (Lipinski definition) is 2. The van der Waals surface area contributed by atoms with E-state index in [-0.39, 0.29) is 0 Å². The molecular formula is C14H18O2. The molecule has 0 heterocycles. The van der Waals surface area contributed by atoms with Crippen LogP contribution in [-0.2, 0) is 4.74 Å². The van der Waals surface area contributed by atoms with E-state index in [0.29, 0.717) is 12.9 Å². The second-order valence-corrected chi connectivity index (χ2v) is 4.11. The summed E-state index contributed by atoms with van der Waals surface area (Å²) in [6, 6.07) is 7.85. The van der Waals surface area contributed by atoms with E-state index in [9.17, 15) is 0 Å². The van der Waals surface area contributed by atoms with Crippen LogP contribution in [0.3, 0.4) is 0 Å². The van der Waals surface area contributed by atoms with E-state index in [1.807, 2.05) is 30.3 Å². The van der Waals surface area contributed by atoms with E-state index < -0.39 is 0 Å². The summed E-state index contributed by atoms with van der Waals surface area (Å²) in [5.74, 6) is 0.851. The summed E-state index contributed by atoms with van der Waals surface area (Å²) < 4.78 is 11.1. The lowest BCUT2D eigenvalue weighted by Crippen LogP contribution is -2.12.